The molecular formula is C23H27ClN2O4. The van der Waals surface area contributed by atoms with Gasteiger partial charge < -0.3 is 14.8 Å². The molecule has 160 valence electrons. The molecule has 1 aliphatic rings. The lowest BCUT2D eigenvalue weighted by atomic mass is 10.1. The van der Waals surface area contributed by atoms with E-state index in [1.165, 1.54) is 14.0 Å². The molecule has 2 aromatic rings. The maximum absolute atomic E-state index is 12.4. The van der Waals surface area contributed by atoms with Crippen molar-refractivity contribution in [3.63, 3.8) is 0 Å². The highest BCUT2D eigenvalue weighted by Crippen LogP contribution is 2.29. The number of carbonyl (C=O) groups excluding carboxylic acids is 2. The molecule has 0 radical (unpaired) electrons. The molecule has 1 N–H and O–H groups in total. The van der Waals surface area contributed by atoms with Crippen LogP contribution in [0, 0.1) is 0 Å². The van der Waals surface area contributed by atoms with Crippen molar-refractivity contribution in [2.45, 2.75) is 25.8 Å². The number of Topliss-reactive ketones (excluding diaryl/α,β-unsaturated/α-hetero) is 1. The van der Waals surface area contributed by atoms with Crippen molar-refractivity contribution in [1.29, 1.82) is 0 Å². The second kappa shape index (κ2) is 10.5. The smallest absolute Gasteiger partial charge is 0.258 e. The number of hydrogen-bond acceptors (Lipinski definition) is 5. The van der Waals surface area contributed by atoms with Crippen LogP contribution in [0.4, 0.5) is 0 Å². The number of rotatable bonds is 9. The Kier molecular flexibility index (Phi) is 7.71. The minimum Gasteiger partial charge on any atom is -0.493 e. The Labute approximate surface area is 182 Å². The largest absolute Gasteiger partial charge is 0.493 e. The molecule has 0 aromatic heterocycles. The maximum atomic E-state index is 12.4. The number of ketones is 1. The Morgan fingerprint density at radius 2 is 1.90 bits per heavy atom. The van der Waals surface area contributed by atoms with Gasteiger partial charge in [-0.1, -0.05) is 23.7 Å². The van der Waals surface area contributed by atoms with Crippen LogP contribution in [0.3, 0.4) is 0 Å². The Balaban J connectivity index is 1.60. The summed E-state index contributed by atoms with van der Waals surface area (Å²) in [4.78, 5) is 26.3. The summed E-state index contributed by atoms with van der Waals surface area (Å²) in [6.07, 6.45) is 2.31. The first-order chi connectivity index (χ1) is 14.5. The van der Waals surface area contributed by atoms with Gasteiger partial charge in [0.05, 0.1) is 13.2 Å². The zero-order valence-corrected chi connectivity index (χ0v) is 18.1. The summed E-state index contributed by atoms with van der Waals surface area (Å²) in [5.74, 6) is 0.554. The van der Waals surface area contributed by atoms with Crippen LogP contribution < -0.4 is 14.8 Å². The molecule has 2 aromatic carbocycles. The quantitative estimate of drug-likeness (QED) is 0.611. The van der Waals surface area contributed by atoms with Gasteiger partial charge in [-0.3, -0.25) is 14.5 Å². The highest BCUT2D eigenvalue weighted by Gasteiger charge is 2.24. The Morgan fingerprint density at radius 1 is 1.13 bits per heavy atom. The van der Waals surface area contributed by atoms with Crippen LogP contribution in [0.5, 0.6) is 11.5 Å². The van der Waals surface area contributed by atoms with E-state index < -0.39 is 0 Å². The zero-order chi connectivity index (χ0) is 21.5. The molecular weight excluding hydrogens is 404 g/mol. The zero-order valence-electron chi connectivity index (χ0n) is 17.3. The molecule has 7 heteroatoms. The minimum absolute atomic E-state index is 0.0634. The van der Waals surface area contributed by atoms with Gasteiger partial charge in [0.2, 0.25) is 0 Å². The molecule has 30 heavy (non-hydrogen) atoms. The fourth-order valence-electron chi connectivity index (χ4n) is 3.64. The first-order valence-corrected chi connectivity index (χ1v) is 10.4. The van der Waals surface area contributed by atoms with E-state index in [0.717, 1.165) is 31.5 Å². The van der Waals surface area contributed by atoms with E-state index in [1.54, 1.807) is 18.2 Å². The number of likely N-dealkylation sites (tertiary alicyclic amines) is 1. The fourth-order valence-corrected chi connectivity index (χ4v) is 3.83. The molecule has 1 heterocycles. The van der Waals surface area contributed by atoms with Crippen molar-refractivity contribution >= 4 is 23.3 Å². The summed E-state index contributed by atoms with van der Waals surface area (Å²) >= 11 is 6.18. The van der Waals surface area contributed by atoms with Gasteiger partial charge in [0.25, 0.3) is 5.91 Å². The molecule has 1 fully saturated rings. The van der Waals surface area contributed by atoms with Crippen molar-refractivity contribution < 1.29 is 19.1 Å². The molecule has 1 atom stereocenters. The van der Waals surface area contributed by atoms with Gasteiger partial charge in [-0.05, 0) is 68.8 Å². The van der Waals surface area contributed by atoms with Gasteiger partial charge >= 0.3 is 0 Å². The molecule has 0 saturated carbocycles. The summed E-state index contributed by atoms with van der Waals surface area (Å²) in [5, 5.41) is 3.66. The molecule has 6 nitrogen and oxygen atoms in total. The van der Waals surface area contributed by atoms with Gasteiger partial charge in [-0.25, -0.2) is 0 Å². The van der Waals surface area contributed by atoms with E-state index in [2.05, 4.69) is 10.2 Å². The summed E-state index contributed by atoms with van der Waals surface area (Å²) in [7, 11) is 1.50. The van der Waals surface area contributed by atoms with E-state index in [9.17, 15) is 9.59 Å². The SMILES string of the molecule is COc1cc(C(C)=O)ccc1OCC(=O)NCC(c1cccc(Cl)c1)N1CCCC1. The molecule has 3 rings (SSSR count). The van der Waals surface area contributed by atoms with Crippen molar-refractivity contribution in [1.82, 2.24) is 10.2 Å². The summed E-state index contributed by atoms with van der Waals surface area (Å²) in [6, 6.07) is 12.7. The lowest BCUT2D eigenvalue weighted by Gasteiger charge is -2.28. The molecule has 1 amide bonds. The molecule has 1 saturated heterocycles. The number of methoxy groups -OCH3 is 1. The number of carbonyl (C=O) groups is 2. The Hall–Kier alpha value is -2.57. The average Bonchev–Trinajstić information content (AvgIpc) is 3.26. The summed E-state index contributed by atoms with van der Waals surface area (Å²) < 4.78 is 10.9. The molecule has 0 bridgehead atoms. The van der Waals surface area contributed by atoms with Gasteiger partial charge in [-0.2, -0.15) is 0 Å². The number of nitrogens with one attached hydrogen (secondary N) is 1. The normalized spacial score (nSPS) is 14.9. The van der Waals surface area contributed by atoms with Crippen LogP contribution in [0.1, 0.15) is 41.7 Å². The summed E-state index contributed by atoms with van der Waals surface area (Å²) in [5.41, 5.74) is 1.62. The number of benzene rings is 2. The second-order valence-electron chi connectivity index (χ2n) is 7.33. The monoisotopic (exact) mass is 430 g/mol. The second-order valence-corrected chi connectivity index (χ2v) is 7.76. The van der Waals surface area contributed by atoms with E-state index in [4.69, 9.17) is 21.1 Å². The van der Waals surface area contributed by atoms with Gasteiger partial charge in [0.1, 0.15) is 0 Å². The van der Waals surface area contributed by atoms with Crippen molar-refractivity contribution in [3.8, 4) is 11.5 Å². The van der Waals surface area contributed by atoms with Crippen LogP contribution in [-0.2, 0) is 4.79 Å². The highest BCUT2D eigenvalue weighted by atomic mass is 35.5. The lowest BCUT2D eigenvalue weighted by Crippen LogP contribution is -2.38. The van der Waals surface area contributed by atoms with E-state index in [-0.39, 0.29) is 24.3 Å². The first kappa shape index (κ1) is 22.1. The first-order valence-electron chi connectivity index (χ1n) is 10.1. The predicted octanol–water partition coefficient (Wildman–Crippen LogP) is 3.88. The average molecular weight is 431 g/mol. The van der Waals surface area contributed by atoms with Crippen LogP contribution in [0.15, 0.2) is 42.5 Å². The van der Waals surface area contributed by atoms with Crippen LogP contribution in [-0.4, -0.2) is 49.9 Å². The van der Waals surface area contributed by atoms with Crippen molar-refractivity contribution in [3.05, 3.63) is 58.6 Å². The number of hydrogen-bond donors (Lipinski definition) is 1. The molecule has 0 spiro atoms. The third kappa shape index (κ3) is 5.74. The van der Waals surface area contributed by atoms with Crippen molar-refractivity contribution in [2.75, 3.05) is 33.4 Å². The van der Waals surface area contributed by atoms with Crippen molar-refractivity contribution in [2.24, 2.45) is 0 Å². The number of nitrogens with zero attached hydrogens (tertiary/aromatic N) is 1. The van der Waals surface area contributed by atoms with Gasteiger partial charge in [0.15, 0.2) is 23.9 Å². The highest BCUT2D eigenvalue weighted by molar-refractivity contribution is 6.30. The Bertz CT molecular complexity index is 897. The third-order valence-corrected chi connectivity index (χ3v) is 5.47. The van der Waals surface area contributed by atoms with Crippen LogP contribution in [0.25, 0.3) is 0 Å². The molecule has 1 unspecified atom stereocenters. The van der Waals surface area contributed by atoms with E-state index >= 15 is 0 Å². The van der Waals surface area contributed by atoms with E-state index in [1.807, 2.05) is 24.3 Å². The van der Waals surface area contributed by atoms with E-state index in [0.29, 0.717) is 28.6 Å². The minimum atomic E-state index is -0.223. The van der Waals surface area contributed by atoms with Gasteiger partial charge in [0, 0.05) is 17.1 Å². The lowest BCUT2D eigenvalue weighted by molar-refractivity contribution is -0.123. The fraction of sp³-hybridized carbons (Fsp3) is 0.391. The van der Waals surface area contributed by atoms with Crippen LogP contribution in [0.2, 0.25) is 5.02 Å². The predicted molar refractivity (Wildman–Crippen MR) is 117 cm³/mol. The number of halogens is 1. The maximum Gasteiger partial charge on any atom is 0.258 e. The Morgan fingerprint density at radius 3 is 2.57 bits per heavy atom. The number of amides is 1. The third-order valence-electron chi connectivity index (χ3n) is 5.24. The molecule has 0 aliphatic carbocycles. The number of ether oxygens (including phenoxy) is 2. The molecule has 1 aliphatic heterocycles. The summed E-state index contributed by atoms with van der Waals surface area (Å²) in [6.45, 7) is 3.83. The topological polar surface area (TPSA) is 67.9 Å². The van der Waals surface area contributed by atoms with Gasteiger partial charge in [-0.15, -0.1) is 0 Å². The van der Waals surface area contributed by atoms with Crippen LogP contribution >= 0.6 is 11.6 Å². The standard InChI is InChI=1S/C23H27ClN2O4/c1-16(27)17-8-9-21(22(13-17)29-2)30-15-23(28)25-14-20(26-10-3-4-11-26)18-6-5-7-19(24)12-18/h5-9,12-13,20H,3-4,10-11,14-15H2,1-2H3,(H,25,28).